The molecule has 1 aromatic carbocycles. The minimum absolute atomic E-state index is 0.0417. The van der Waals surface area contributed by atoms with Crippen molar-refractivity contribution in [2.75, 3.05) is 0 Å². The number of nitrogens with one attached hydrogen (secondary N) is 2. The number of rotatable bonds is 3. The van der Waals surface area contributed by atoms with Crippen LogP contribution in [-0.4, -0.2) is 24.2 Å². The van der Waals surface area contributed by atoms with Crippen molar-refractivity contribution in [1.82, 2.24) is 19.1 Å². The Kier molecular flexibility index (Phi) is 5.89. The van der Waals surface area contributed by atoms with Crippen molar-refractivity contribution < 1.29 is 9.84 Å². The average molecular weight is 507 g/mol. The molecule has 0 bridgehead atoms. The normalized spacial score (nSPS) is 20.2. The van der Waals surface area contributed by atoms with E-state index in [-0.39, 0.29) is 29.1 Å². The quantitative estimate of drug-likeness (QED) is 0.389. The summed E-state index contributed by atoms with van der Waals surface area (Å²) in [5.74, 6) is -1.15. The van der Waals surface area contributed by atoms with Crippen LogP contribution in [0, 0.1) is 0 Å². The summed E-state index contributed by atoms with van der Waals surface area (Å²) < 4.78 is 8.46. The second-order valence-corrected chi connectivity index (χ2v) is 10.4. The Balaban J connectivity index is 1.62. The van der Waals surface area contributed by atoms with Crippen molar-refractivity contribution in [3.8, 4) is 17.5 Å². The molecular weight excluding hydrogens is 476 g/mol. The lowest BCUT2D eigenvalue weighted by molar-refractivity contribution is 0.294. The lowest BCUT2D eigenvalue weighted by atomic mass is 9.84. The molecule has 2 saturated carbocycles. The molecule has 0 saturated heterocycles. The molecule has 6 rings (SSSR count). The topological polar surface area (TPSA) is 139 Å². The summed E-state index contributed by atoms with van der Waals surface area (Å²) in [4.78, 5) is 58.4. The maximum atomic E-state index is 14.0. The number of ether oxygens (including phenoxy) is 1. The van der Waals surface area contributed by atoms with E-state index in [0.29, 0.717) is 37.0 Å². The van der Waals surface area contributed by atoms with Crippen LogP contribution in [0.1, 0.15) is 98.9 Å². The van der Waals surface area contributed by atoms with Crippen molar-refractivity contribution >= 4 is 0 Å². The third-order valence-corrected chi connectivity index (χ3v) is 8.19. The molecule has 1 atom stereocenters. The van der Waals surface area contributed by atoms with Crippen LogP contribution in [0.15, 0.2) is 43.4 Å². The van der Waals surface area contributed by atoms with Crippen LogP contribution in [0.3, 0.4) is 0 Å². The number of benzene rings is 1. The molecule has 10 nitrogen and oxygen atoms in total. The summed E-state index contributed by atoms with van der Waals surface area (Å²) >= 11 is 0. The number of aromatic amines is 2. The first-order chi connectivity index (χ1) is 18.0. The van der Waals surface area contributed by atoms with Crippen molar-refractivity contribution in [3.05, 3.63) is 82.6 Å². The first kappa shape index (κ1) is 23.6. The Bertz CT molecular complexity index is 1580. The largest absolute Gasteiger partial charge is 0.494 e. The van der Waals surface area contributed by atoms with Gasteiger partial charge in [0.25, 0.3) is 11.1 Å². The molecule has 0 spiro atoms. The summed E-state index contributed by atoms with van der Waals surface area (Å²) in [6, 6.07) is 6.41. The van der Waals surface area contributed by atoms with Gasteiger partial charge in [0.2, 0.25) is 11.8 Å². The zero-order chi connectivity index (χ0) is 25.7. The fraction of sp³-hybridized carbons (Fsp3) is 0.481. The van der Waals surface area contributed by atoms with Crippen LogP contribution in [0.2, 0.25) is 0 Å². The van der Waals surface area contributed by atoms with Gasteiger partial charge in [0.1, 0.15) is 5.75 Å². The van der Waals surface area contributed by atoms with Gasteiger partial charge in [-0.15, -0.1) is 0 Å². The molecule has 3 N–H and O–H groups in total. The van der Waals surface area contributed by atoms with Crippen LogP contribution in [0.25, 0.3) is 0 Å². The SMILES string of the molecule is O=c1[nH]c(=O)n(C2CCCCC2)c(O)c1[C@@H]1c2ccccc2Oc2[nH]c(=O)n(C3CCCCC3)c(=O)c21. The molecular formula is C27H30N4O6. The van der Waals surface area contributed by atoms with Gasteiger partial charge in [-0.25, -0.2) is 9.59 Å². The van der Waals surface area contributed by atoms with Gasteiger partial charge in [-0.3, -0.25) is 28.7 Å². The van der Waals surface area contributed by atoms with Gasteiger partial charge in [-0.05, 0) is 31.7 Å². The monoisotopic (exact) mass is 506 g/mol. The second kappa shape index (κ2) is 9.24. The summed E-state index contributed by atoms with van der Waals surface area (Å²) in [5.41, 5.74) is -2.04. The van der Waals surface area contributed by atoms with E-state index in [1.54, 1.807) is 24.3 Å². The van der Waals surface area contributed by atoms with Crippen LogP contribution in [0.5, 0.6) is 17.5 Å². The van der Waals surface area contributed by atoms with Gasteiger partial charge in [0.05, 0.1) is 17.0 Å². The van der Waals surface area contributed by atoms with Gasteiger partial charge in [-0.1, -0.05) is 56.7 Å². The number of nitrogens with zero attached hydrogens (tertiary/aromatic N) is 2. The molecule has 2 aromatic heterocycles. The number of hydrogen-bond acceptors (Lipinski definition) is 6. The molecule has 2 fully saturated rings. The Morgan fingerprint density at radius 1 is 0.757 bits per heavy atom. The maximum Gasteiger partial charge on any atom is 0.331 e. The highest BCUT2D eigenvalue weighted by atomic mass is 16.5. The van der Waals surface area contributed by atoms with Gasteiger partial charge < -0.3 is 9.84 Å². The van der Waals surface area contributed by atoms with Crippen LogP contribution < -0.4 is 27.2 Å². The van der Waals surface area contributed by atoms with Crippen LogP contribution >= 0.6 is 0 Å². The fourth-order valence-electron chi connectivity index (χ4n) is 6.42. The summed E-state index contributed by atoms with van der Waals surface area (Å²) in [5, 5.41) is 11.5. The molecule has 37 heavy (non-hydrogen) atoms. The molecule has 0 radical (unpaired) electrons. The van der Waals surface area contributed by atoms with E-state index >= 15 is 0 Å². The molecule has 0 amide bonds. The third kappa shape index (κ3) is 3.86. The minimum Gasteiger partial charge on any atom is -0.494 e. The van der Waals surface area contributed by atoms with Crippen LogP contribution in [-0.2, 0) is 0 Å². The van der Waals surface area contributed by atoms with E-state index in [4.69, 9.17) is 4.74 Å². The van der Waals surface area contributed by atoms with Gasteiger partial charge in [-0.2, -0.15) is 0 Å². The van der Waals surface area contributed by atoms with E-state index < -0.39 is 34.3 Å². The van der Waals surface area contributed by atoms with Crippen LogP contribution in [0.4, 0.5) is 0 Å². The lowest BCUT2D eigenvalue weighted by Crippen LogP contribution is -2.43. The van der Waals surface area contributed by atoms with E-state index in [2.05, 4.69) is 9.97 Å². The molecule has 10 heteroatoms. The highest BCUT2D eigenvalue weighted by molar-refractivity contribution is 5.57. The molecule has 3 aromatic rings. The van der Waals surface area contributed by atoms with Crippen molar-refractivity contribution in [2.45, 2.75) is 82.2 Å². The number of aromatic nitrogens is 4. The maximum absolute atomic E-state index is 14.0. The Morgan fingerprint density at radius 2 is 1.35 bits per heavy atom. The van der Waals surface area contributed by atoms with Crippen molar-refractivity contribution in [3.63, 3.8) is 0 Å². The van der Waals surface area contributed by atoms with E-state index in [1.165, 1.54) is 9.13 Å². The average Bonchev–Trinajstić information content (AvgIpc) is 2.89. The second-order valence-electron chi connectivity index (χ2n) is 10.4. The number of fused-ring (bicyclic) bond motifs is 2. The minimum atomic E-state index is -1.03. The lowest BCUT2D eigenvalue weighted by Gasteiger charge is -2.31. The van der Waals surface area contributed by atoms with Gasteiger partial charge >= 0.3 is 11.4 Å². The number of para-hydroxylation sites is 1. The van der Waals surface area contributed by atoms with Gasteiger partial charge in [0, 0.05) is 17.6 Å². The first-order valence-electron chi connectivity index (χ1n) is 13.2. The molecule has 2 aliphatic carbocycles. The Labute approximate surface area is 211 Å². The zero-order valence-electron chi connectivity index (χ0n) is 20.5. The predicted octanol–water partition coefficient (Wildman–Crippen LogP) is 3.39. The number of aromatic hydroxyl groups is 1. The number of H-pyrrole nitrogens is 2. The van der Waals surface area contributed by atoms with E-state index in [1.807, 2.05) is 0 Å². The smallest absolute Gasteiger partial charge is 0.331 e. The molecule has 1 aliphatic heterocycles. The summed E-state index contributed by atoms with van der Waals surface area (Å²) in [7, 11) is 0. The first-order valence-corrected chi connectivity index (χ1v) is 13.2. The van der Waals surface area contributed by atoms with E-state index in [9.17, 15) is 24.3 Å². The summed E-state index contributed by atoms with van der Waals surface area (Å²) in [6.07, 6.45) is 8.62. The highest BCUT2D eigenvalue weighted by Crippen LogP contribution is 2.46. The third-order valence-electron chi connectivity index (χ3n) is 8.19. The molecule has 0 unspecified atom stereocenters. The molecule has 194 valence electrons. The highest BCUT2D eigenvalue weighted by Gasteiger charge is 2.39. The van der Waals surface area contributed by atoms with Gasteiger partial charge in [0.15, 0.2) is 0 Å². The zero-order valence-corrected chi connectivity index (χ0v) is 20.5. The fourth-order valence-corrected chi connectivity index (χ4v) is 6.42. The summed E-state index contributed by atoms with van der Waals surface area (Å²) in [6.45, 7) is 0. The van der Waals surface area contributed by atoms with E-state index in [0.717, 1.165) is 38.5 Å². The Hall–Kier alpha value is -3.82. The predicted molar refractivity (Wildman–Crippen MR) is 136 cm³/mol. The molecule has 3 aliphatic rings. The molecule has 3 heterocycles. The van der Waals surface area contributed by atoms with Crippen molar-refractivity contribution in [2.24, 2.45) is 0 Å². The standard InChI is InChI=1S/C27H30N4O6/c32-22-20(24(33)30(26(35)28-22)15-9-3-1-4-10-15)19-17-13-7-8-14-18(17)37-23-21(19)25(34)31(27(36)29-23)16-11-5-2-6-12-16/h7-8,13-16,19,33H,1-6,9-12H2,(H,29,36)(H,28,32,35)/t19-/m0/s1. The Morgan fingerprint density at radius 3 is 2.03 bits per heavy atom. The van der Waals surface area contributed by atoms with Crippen molar-refractivity contribution in [1.29, 1.82) is 0 Å². The number of hydrogen-bond donors (Lipinski definition) is 3.